The molecule has 0 aliphatic carbocycles. The molecule has 1 N–H and O–H groups in total. The average molecular weight is 288 g/mol. The van der Waals surface area contributed by atoms with E-state index in [1.807, 2.05) is 44.2 Å². The van der Waals surface area contributed by atoms with Gasteiger partial charge in [0.15, 0.2) is 0 Å². The van der Waals surface area contributed by atoms with E-state index in [2.05, 4.69) is 0 Å². The molecule has 1 aromatic carbocycles. The number of carbonyl (C=O) groups is 2. The van der Waals surface area contributed by atoms with Gasteiger partial charge in [-0.05, 0) is 19.4 Å². The van der Waals surface area contributed by atoms with E-state index in [0.717, 1.165) is 5.56 Å². The smallest absolute Gasteiger partial charge is 0.278 e. The van der Waals surface area contributed by atoms with E-state index in [4.69, 9.17) is 5.11 Å². The van der Waals surface area contributed by atoms with Crippen LogP contribution in [0.2, 0.25) is 0 Å². The van der Waals surface area contributed by atoms with Gasteiger partial charge in [0.25, 0.3) is 11.8 Å². The summed E-state index contributed by atoms with van der Waals surface area (Å²) in [6.07, 6.45) is 0. The van der Waals surface area contributed by atoms with Gasteiger partial charge in [-0.1, -0.05) is 30.3 Å². The fourth-order valence-electron chi connectivity index (χ4n) is 2.48. The topological polar surface area (TPSA) is 60.9 Å². The van der Waals surface area contributed by atoms with E-state index in [0.29, 0.717) is 17.8 Å². The van der Waals surface area contributed by atoms with E-state index < -0.39 is 0 Å². The van der Waals surface area contributed by atoms with Crippen molar-refractivity contribution in [2.24, 2.45) is 0 Å². The van der Waals surface area contributed by atoms with Gasteiger partial charge in [-0.15, -0.1) is 0 Å². The number of hydrogen-bond donors (Lipinski definition) is 1. The zero-order valence-corrected chi connectivity index (χ0v) is 12.5. The Bertz CT molecular complexity index is 578. The number of carbonyl (C=O) groups excluding carboxylic acids is 2. The first-order chi connectivity index (χ1) is 9.99. The highest BCUT2D eigenvalue weighted by atomic mass is 16.3. The molecule has 1 aromatic rings. The standard InChI is InChI=1S/C16H20N2O3/c1-11(2)18-15(20)13(12-7-5-4-6-8-12)14(16(18)21)17(3)9-10-19/h4-8,11,19H,9-10H2,1-3H3. The minimum atomic E-state index is -0.301. The quantitative estimate of drug-likeness (QED) is 0.824. The molecule has 2 rings (SSSR count). The zero-order chi connectivity index (χ0) is 15.6. The zero-order valence-electron chi connectivity index (χ0n) is 12.5. The number of benzene rings is 1. The lowest BCUT2D eigenvalue weighted by Gasteiger charge is -2.22. The van der Waals surface area contributed by atoms with Gasteiger partial charge in [0, 0.05) is 19.6 Å². The van der Waals surface area contributed by atoms with Crippen molar-refractivity contribution < 1.29 is 14.7 Å². The molecule has 5 nitrogen and oxygen atoms in total. The maximum atomic E-state index is 12.6. The second-order valence-corrected chi connectivity index (χ2v) is 5.31. The van der Waals surface area contributed by atoms with Crippen molar-refractivity contribution in [3.05, 3.63) is 41.6 Å². The number of nitrogens with zero attached hydrogens (tertiary/aromatic N) is 2. The van der Waals surface area contributed by atoms with Crippen LogP contribution in [0.1, 0.15) is 19.4 Å². The summed E-state index contributed by atoms with van der Waals surface area (Å²) in [7, 11) is 1.71. The summed E-state index contributed by atoms with van der Waals surface area (Å²) in [6, 6.07) is 8.96. The molecular formula is C16H20N2O3. The van der Waals surface area contributed by atoms with Crippen LogP contribution in [0.5, 0.6) is 0 Å². The molecule has 0 fully saturated rings. The van der Waals surface area contributed by atoms with Crippen LogP contribution < -0.4 is 0 Å². The number of imide groups is 1. The van der Waals surface area contributed by atoms with Gasteiger partial charge in [-0.25, -0.2) is 0 Å². The Morgan fingerprint density at radius 1 is 1.14 bits per heavy atom. The SMILES string of the molecule is CC(C)N1C(=O)C(c2ccccc2)=C(N(C)CCO)C1=O. The lowest BCUT2D eigenvalue weighted by Crippen LogP contribution is -2.39. The normalized spacial score (nSPS) is 15.4. The van der Waals surface area contributed by atoms with E-state index in [1.54, 1.807) is 11.9 Å². The predicted octanol–water partition coefficient (Wildman–Crippen LogP) is 1.10. The highest BCUT2D eigenvalue weighted by Crippen LogP contribution is 2.31. The van der Waals surface area contributed by atoms with Gasteiger partial charge in [-0.3, -0.25) is 14.5 Å². The Morgan fingerprint density at radius 3 is 2.29 bits per heavy atom. The van der Waals surface area contributed by atoms with Crippen molar-refractivity contribution in [1.82, 2.24) is 9.80 Å². The van der Waals surface area contributed by atoms with Crippen molar-refractivity contribution in [2.45, 2.75) is 19.9 Å². The summed E-state index contributed by atoms with van der Waals surface area (Å²) in [5.41, 5.74) is 1.48. The third kappa shape index (κ3) is 2.69. The van der Waals surface area contributed by atoms with Gasteiger partial charge in [0.2, 0.25) is 0 Å². The molecule has 112 valence electrons. The lowest BCUT2D eigenvalue weighted by atomic mass is 10.0. The van der Waals surface area contributed by atoms with Gasteiger partial charge in [0.05, 0.1) is 12.2 Å². The van der Waals surface area contributed by atoms with Crippen LogP contribution >= 0.6 is 0 Å². The Hall–Kier alpha value is -2.14. The number of likely N-dealkylation sites (N-methyl/N-ethyl adjacent to an activating group) is 1. The van der Waals surface area contributed by atoms with Crippen molar-refractivity contribution in [3.8, 4) is 0 Å². The second kappa shape index (κ2) is 6.10. The van der Waals surface area contributed by atoms with E-state index in [-0.39, 0.29) is 24.5 Å². The number of hydrogen-bond acceptors (Lipinski definition) is 4. The summed E-state index contributed by atoms with van der Waals surface area (Å²) in [5, 5.41) is 9.11. The summed E-state index contributed by atoms with van der Waals surface area (Å²) < 4.78 is 0. The summed E-state index contributed by atoms with van der Waals surface area (Å²) in [4.78, 5) is 28.1. The largest absolute Gasteiger partial charge is 0.395 e. The third-order valence-electron chi connectivity index (χ3n) is 3.49. The monoisotopic (exact) mass is 288 g/mol. The number of rotatable bonds is 5. The minimum absolute atomic E-state index is 0.0782. The third-order valence-corrected chi connectivity index (χ3v) is 3.49. The van der Waals surface area contributed by atoms with Gasteiger partial charge < -0.3 is 10.0 Å². The molecule has 0 unspecified atom stereocenters. The summed E-state index contributed by atoms with van der Waals surface area (Å²) >= 11 is 0. The summed E-state index contributed by atoms with van der Waals surface area (Å²) in [6.45, 7) is 3.85. The van der Waals surface area contributed by atoms with Crippen LogP contribution in [-0.4, -0.2) is 53.0 Å². The Balaban J connectivity index is 2.56. The molecule has 21 heavy (non-hydrogen) atoms. The Kier molecular flexibility index (Phi) is 4.43. The number of amides is 2. The molecule has 2 amide bonds. The molecule has 0 saturated heterocycles. The molecule has 0 atom stereocenters. The van der Waals surface area contributed by atoms with Crippen LogP contribution in [0, 0.1) is 0 Å². The van der Waals surface area contributed by atoms with Gasteiger partial charge in [0.1, 0.15) is 5.70 Å². The average Bonchev–Trinajstić information content (AvgIpc) is 2.71. The fourth-order valence-corrected chi connectivity index (χ4v) is 2.48. The minimum Gasteiger partial charge on any atom is -0.395 e. The lowest BCUT2D eigenvalue weighted by molar-refractivity contribution is -0.139. The van der Waals surface area contributed by atoms with Crippen LogP contribution in [0.4, 0.5) is 0 Å². The molecule has 0 spiro atoms. The van der Waals surface area contributed by atoms with E-state index >= 15 is 0 Å². The first-order valence-electron chi connectivity index (χ1n) is 6.98. The maximum absolute atomic E-state index is 12.6. The molecule has 1 aliphatic heterocycles. The molecule has 0 bridgehead atoms. The van der Waals surface area contributed by atoms with Crippen LogP contribution in [-0.2, 0) is 9.59 Å². The molecule has 1 aliphatic rings. The van der Waals surface area contributed by atoms with Gasteiger partial charge >= 0.3 is 0 Å². The molecule has 1 heterocycles. The van der Waals surface area contributed by atoms with E-state index in [9.17, 15) is 9.59 Å². The highest BCUT2D eigenvalue weighted by molar-refractivity contribution is 6.35. The number of aliphatic hydroxyl groups excluding tert-OH is 1. The number of aliphatic hydroxyl groups is 1. The van der Waals surface area contributed by atoms with Crippen molar-refractivity contribution >= 4 is 17.4 Å². The first kappa shape index (κ1) is 15.3. The highest BCUT2D eigenvalue weighted by Gasteiger charge is 2.41. The van der Waals surface area contributed by atoms with E-state index in [1.165, 1.54) is 4.90 Å². The first-order valence-corrected chi connectivity index (χ1v) is 6.98. The van der Waals surface area contributed by atoms with Crippen LogP contribution in [0.15, 0.2) is 36.0 Å². The molecule has 0 saturated carbocycles. The Morgan fingerprint density at radius 2 is 1.76 bits per heavy atom. The van der Waals surface area contributed by atoms with Crippen molar-refractivity contribution in [2.75, 3.05) is 20.2 Å². The molecule has 5 heteroatoms. The molecule has 0 radical (unpaired) electrons. The van der Waals surface area contributed by atoms with Crippen molar-refractivity contribution in [3.63, 3.8) is 0 Å². The Labute approximate surface area is 124 Å². The summed E-state index contributed by atoms with van der Waals surface area (Å²) in [5.74, 6) is -0.578. The molecular weight excluding hydrogens is 268 g/mol. The fraction of sp³-hybridized carbons (Fsp3) is 0.375. The van der Waals surface area contributed by atoms with Crippen LogP contribution in [0.25, 0.3) is 5.57 Å². The molecule has 0 aromatic heterocycles. The van der Waals surface area contributed by atoms with Crippen molar-refractivity contribution in [1.29, 1.82) is 0 Å². The van der Waals surface area contributed by atoms with Gasteiger partial charge in [-0.2, -0.15) is 0 Å². The predicted molar refractivity (Wildman–Crippen MR) is 80.1 cm³/mol. The second-order valence-electron chi connectivity index (χ2n) is 5.31. The maximum Gasteiger partial charge on any atom is 0.278 e. The van der Waals surface area contributed by atoms with Crippen LogP contribution in [0.3, 0.4) is 0 Å².